The van der Waals surface area contributed by atoms with Gasteiger partial charge in [-0.3, -0.25) is 4.79 Å². The Morgan fingerprint density at radius 2 is 1.86 bits per heavy atom. The molecule has 0 unspecified atom stereocenters. The summed E-state index contributed by atoms with van der Waals surface area (Å²) in [6.45, 7) is 7.62. The first kappa shape index (κ1) is 32.1. The highest BCUT2D eigenvalue weighted by atomic mass is 35.5. The largest absolute Gasteiger partial charge is 0.491 e. The molecular formula is C34H47ClN2O5S. The Kier molecular flexibility index (Phi) is 9.99. The monoisotopic (exact) mass is 630 g/mol. The van der Waals surface area contributed by atoms with Gasteiger partial charge in [-0.15, -0.1) is 0 Å². The van der Waals surface area contributed by atoms with Crippen molar-refractivity contribution in [2.75, 3.05) is 24.6 Å². The summed E-state index contributed by atoms with van der Waals surface area (Å²) < 4.78 is 35.2. The Bertz CT molecular complexity index is 1420. The maximum atomic E-state index is 13.4. The predicted molar refractivity (Wildman–Crippen MR) is 173 cm³/mol. The molecule has 2 N–H and O–H groups in total. The van der Waals surface area contributed by atoms with E-state index in [0.717, 1.165) is 68.7 Å². The third kappa shape index (κ3) is 7.18. The minimum Gasteiger partial charge on any atom is -0.491 e. The van der Waals surface area contributed by atoms with Gasteiger partial charge in [-0.25, -0.2) is 13.1 Å². The first-order valence-corrected chi connectivity index (χ1v) is 18.0. The van der Waals surface area contributed by atoms with E-state index >= 15 is 0 Å². The average Bonchev–Trinajstić information content (AvgIpc) is 2.95. The molecule has 2 heterocycles. The molecule has 43 heavy (non-hydrogen) atoms. The maximum absolute atomic E-state index is 13.4. The van der Waals surface area contributed by atoms with Crippen molar-refractivity contribution in [3.05, 3.63) is 58.1 Å². The molecule has 1 saturated carbocycles. The summed E-state index contributed by atoms with van der Waals surface area (Å²) in [5.41, 5.74) is 2.82. The van der Waals surface area contributed by atoms with Crippen LogP contribution in [0.3, 0.4) is 0 Å². The molecule has 0 spiro atoms. The summed E-state index contributed by atoms with van der Waals surface area (Å²) >= 11 is 6.33. The minimum absolute atomic E-state index is 0.155. The lowest BCUT2D eigenvalue weighted by Crippen LogP contribution is -2.50. The van der Waals surface area contributed by atoms with E-state index in [-0.39, 0.29) is 11.8 Å². The zero-order chi connectivity index (χ0) is 30.8. The third-order valence-electron chi connectivity index (χ3n) is 10.5. The zero-order valence-electron chi connectivity index (χ0n) is 25.8. The number of hydrogen-bond acceptors (Lipinski definition) is 6. The van der Waals surface area contributed by atoms with Gasteiger partial charge in [0, 0.05) is 30.1 Å². The highest BCUT2D eigenvalue weighted by molar-refractivity contribution is 7.90. The van der Waals surface area contributed by atoms with Gasteiger partial charge in [0.05, 0.1) is 23.1 Å². The van der Waals surface area contributed by atoms with Crippen LogP contribution >= 0.6 is 11.6 Å². The number of halogens is 1. The van der Waals surface area contributed by atoms with Gasteiger partial charge in [-0.2, -0.15) is 0 Å². The van der Waals surface area contributed by atoms with Crippen molar-refractivity contribution in [3.8, 4) is 5.75 Å². The molecule has 0 aromatic heterocycles. The number of sulfonamides is 1. The molecule has 1 fully saturated rings. The predicted octanol–water partition coefficient (Wildman–Crippen LogP) is 6.54. The average molecular weight is 631 g/mol. The van der Waals surface area contributed by atoms with Crippen LogP contribution in [0.5, 0.6) is 5.75 Å². The SMILES string of the molecule is CC[C@@]1(O)CCC[C@H](C)[C@@H](C)S(=O)(=O)NC(=O)c2ccc3c(c2)N(CCCCc2cc(Cl)ccc2CCO3)C[C@@H]2CC[C@H]21. The Labute approximate surface area is 262 Å². The Morgan fingerprint density at radius 3 is 2.60 bits per heavy atom. The van der Waals surface area contributed by atoms with Gasteiger partial charge in [-0.05, 0) is 118 Å². The number of ether oxygens (including phenoxy) is 1. The molecule has 1 aliphatic carbocycles. The number of carbonyl (C=O) groups excluding carboxylic acids is 1. The van der Waals surface area contributed by atoms with Crippen LogP contribution in [0.4, 0.5) is 5.69 Å². The van der Waals surface area contributed by atoms with Crippen molar-refractivity contribution in [1.29, 1.82) is 0 Å². The zero-order valence-corrected chi connectivity index (χ0v) is 27.4. The first-order chi connectivity index (χ1) is 20.5. The Hall–Kier alpha value is -2.29. The standard InChI is InChI=1S/C34H47ClN2O5S/c1-4-34(39)17-7-8-23(2)24(3)43(40,41)36-33(38)27-12-15-32-31(21-27)37(22-28-11-14-30(28)34)18-6-5-9-26-20-29(35)13-10-25(26)16-19-42-32/h10,12-13,15,20-21,23-24,28,30,39H,4-9,11,14,16-19,22H2,1-3H3,(H,36,38)/t23-,24+,28-,30+,34+/m0/s1. The number of nitrogens with one attached hydrogen (secondary N) is 1. The molecule has 0 saturated heterocycles. The molecule has 2 aliphatic heterocycles. The number of hydrogen-bond donors (Lipinski definition) is 2. The molecule has 9 heteroatoms. The van der Waals surface area contributed by atoms with E-state index in [0.29, 0.717) is 43.1 Å². The van der Waals surface area contributed by atoms with Crippen molar-refractivity contribution in [3.63, 3.8) is 0 Å². The quantitative estimate of drug-likeness (QED) is 0.372. The van der Waals surface area contributed by atoms with Crippen LogP contribution in [0.2, 0.25) is 5.02 Å². The van der Waals surface area contributed by atoms with Crippen LogP contribution in [0, 0.1) is 17.8 Å². The smallest absolute Gasteiger partial charge is 0.264 e. The molecule has 2 bridgehead atoms. The van der Waals surface area contributed by atoms with Crippen LogP contribution in [0.1, 0.15) is 93.6 Å². The van der Waals surface area contributed by atoms with E-state index in [1.165, 1.54) is 11.1 Å². The minimum atomic E-state index is -3.89. The van der Waals surface area contributed by atoms with Crippen LogP contribution in [0.15, 0.2) is 36.4 Å². The maximum Gasteiger partial charge on any atom is 0.264 e. The summed E-state index contributed by atoms with van der Waals surface area (Å²) in [5.74, 6) is 0.423. The van der Waals surface area contributed by atoms with E-state index in [9.17, 15) is 18.3 Å². The summed E-state index contributed by atoms with van der Waals surface area (Å²) in [4.78, 5) is 15.7. The van der Waals surface area contributed by atoms with Crippen molar-refractivity contribution in [2.24, 2.45) is 17.8 Å². The fourth-order valence-electron chi connectivity index (χ4n) is 7.25. The molecule has 3 aliphatic rings. The summed E-state index contributed by atoms with van der Waals surface area (Å²) in [5, 5.41) is 11.9. The number of fused-ring (bicyclic) bond motifs is 3. The fraction of sp³-hybridized carbons (Fsp3) is 0.618. The summed E-state index contributed by atoms with van der Waals surface area (Å²) in [7, 11) is -3.89. The number of nitrogens with zero attached hydrogens (tertiary/aromatic N) is 1. The molecule has 1 amide bonds. The number of anilines is 1. The van der Waals surface area contributed by atoms with Gasteiger partial charge in [-0.1, -0.05) is 37.9 Å². The number of benzene rings is 2. The Morgan fingerprint density at radius 1 is 1.05 bits per heavy atom. The van der Waals surface area contributed by atoms with Crippen LogP contribution in [-0.4, -0.2) is 50.0 Å². The fourth-order valence-corrected chi connectivity index (χ4v) is 8.76. The molecule has 0 radical (unpaired) electrons. The van der Waals surface area contributed by atoms with Gasteiger partial charge >= 0.3 is 0 Å². The second-order valence-electron chi connectivity index (χ2n) is 13.0. The lowest BCUT2D eigenvalue weighted by atomic mass is 9.62. The molecule has 2 aromatic rings. The second-order valence-corrected chi connectivity index (χ2v) is 15.5. The van der Waals surface area contributed by atoms with Gasteiger partial charge in [0.2, 0.25) is 10.0 Å². The lowest BCUT2D eigenvalue weighted by Gasteiger charge is -2.49. The van der Waals surface area contributed by atoms with E-state index in [1.54, 1.807) is 25.1 Å². The number of aryl methyl sites for hydroxylation is 1. The van der Waals surface area contributed by atoms with Gasteiger partial charge in [0.15, 0.2) is 0 Å². The Balaban J connectivity index is 1.53. The van der Waals surface area contributed by atoms with E-state index in [2.05, 4.69) is 28.7 Å². The van der Waals surface area contributed by atoms with Crippen LogP contribution in [-0.2, 0) is 22.9 Å². The third-order valence-corrected chi connectivity index (χ3v) is 12.6. The van der Waals surface area contributed by atoms with E-state index < -0.39 is 26.8 Å². The van der Waals surface area contributed by atoms with Crippen molar-refractivity contribution < 1.29 is 23.1 Å². The number of rotatable bonds is 1. The number of carbonyl (C=O) groups is 1. The molecule has 236 valence electrons. The van der Waals surface area contributed by atoms with Gasteiger partial charge < -0.3 is 14.7 Å². The molecule has 2 aromatic carbocycles. The normalized spacial score (nSPS) is 30.3. The molecule has 7 nitrogen and oxygen atoms in total. The number of amides is 1. The van der Waals surface area contributed by atoms with Gasteiger partial charge in [0.1, 0.15) is 5.75 Å². The summed E-state index contributed by atoms with van der Waals surface area (Å²) in [6, 6.07) is 11.3. The topological polar surface area (TPSA) is 95.9 Å². The number of aliphatic hydroxyl groups is 1. The van der Waals surface area contributed by atoms with Crippen LogP contribution in [0.25, 0.3) is 0 Å². The van der Waals surface area contributed by atoms with Gasteiger partial charge in [0.25, 0.3) is 5.91 Å². The van der Waals surface area contributed by atoms with E-state index in [4.69, 9.17) is 16.3 Å². The lowest BCUT2D eigenvalue weighted by molar-refractivity contribution is -0.0908. The van der Waals surface area contributed by atoms with Crippen molar-refractivity contribution >= 4 is 33.2 Å². The first-order valence-electron chi connectivity index (χ1n) is 16.1. The van der Waals surface area contributed by atoms with E-state index in [1.807, 2.05) is 13.0 Å². The molecule has 5 rings (SSSR count). The molecular weight excluding hydrogens is 584 g/mol. The molecule has 5 atom stereocenters. The summed E-state index contributed by atoms with van der Waals surface area (Å²) in [6.07, 6.45) is 8.37. The highest BCUT2D eigenvalue weighted by Crippen LogP contribution is 2.47. The van der Waals surface area contributed by atoms with Crippen molar-refractivity contribution in [1.82, 2.24) is 4.72 Å². The second kappa shape index (κ2) is 13.4. The highest BCUT2D eigenvalue weighted by Gasteiger charge is 2.46. The van der Waals surface area contributed by atoms with Crippen molar-refractivity contribution in [2.45, 2.75) is 95.8 Å². The van der Waals surface area contributed by atoms with Crippen LogP contribution < -0.4 is 14.4 Å².